The molecule has 0 aromatic carbocycles. The highest BCUT2D eigenvalue weighted by atomic mass is 16.6. The zero-order valence-electron chi connectivity index (χ0n) is 13.1. The third-order valence-electron chi connectivity index (χ3n) is 2.93. The number of rotatable bonds is 3. The lowest BCUT2D eigenvalue weighted by Gasteiger charge is -2.32. The molecule has 2 amide bonds. The molecule has 1 N–H and O–H groups in total. The minimum atomic E-state index is -0.576. The predicted octanol–water partition coefficient (Wildman–Crippen LogP) is 1.39. The van der Waals surface area contributed by atoms with Crippen LogP contribution in [0.25, 0.3) is 0 Å². The summed E-state index contributed by atoms with van der Waals surface area (Å²) in [7, 11) is 0. The van der Waals surface area contributed by atoms with Crippen LogP contribution in [0.3, 0.4) is 0 Å². The molecule has 0 spiro atoms. The first-order valence-electron chi connectivity index (χ1n) is 7.07. The Hall–Kier alpha value is -1.30. The van der Waals surface area contributed by atoms with Crippen molar-refractivity contribution in [3.05, 3.63) is 0 Å². The van der Waals surface area contributed by atoms with Gasteiger partial charge in [-0.3, -0.25) is 4.79 Å². The quantitative estimate of drug-likeness (QED) is 0.851. The van der Waals surface area contributed by atoms with Gasteiger partial charge in [0, 0.05) is 13.1 Å². The van der Waals surface area contributed by atoms with Crippen molar-refractivity contribution < 1.29 is 19.1 Å². The lowest BCUT2D eigenvalue weighted by Crippen LogP contribution is -2.54. The number of morpholine rings is 1. The highest BCUT2D eigenvalue weighted by Gasteiger charge is 2.30. The Morgan fingerprint density at radius 2 is 1.75 bits per heavy atom. The lowest BCUT2D eigenvalue weighted by atomic mass is 10.0. The van der Waals surface area contributed by atoms with Gasteiger partial charge in [0.1, 0.15) is 11.6 Å². The van der Waals surface area contributed by atoms with E-state index in [9.17, 15) is 9.59 Å². The Balaban J connectivity index is 2.63. The van der Waals surface area contributed by atoms with Gasteiger partial charge in [0.2, 0.25) is 5.91 Å². The molecule has 0 aliphatic carbocycles. The maximum atomic E-state index is 12.4. The van der Waals surface area contributed by atoms with Gasteiger partial charge in [-0.25, -0.2) is 4.79 Å². The molecule has 1 rings (SSSR count). The number of carbonyl (C=O) groups is 2. The summed E-state index contributed by atoms with van der Waals surface area (Å²) >= 11 is 0. The van der Waals surface area contributed by atoms with Crippen LogP contribution in [0, 0.1) is 5.92 Å². The summed E-state index contributed by atoms with van der Waals surface area (Å²) in [6.45, 7) is 11.4. The van der Waals surface area contributed by atoms with Crippen LogP contribution >= 0.6 is 0 Å². The van der Waals surface area contributed by atoms with Crippen molar-refractivity contribution >= 4 is 12.0 Å². The van der Waals surface area contributed by atoms with E-state index in [1.54, 1.807) is 25.7 Å². The molecule has 0 aromatic rings. The molecule has 1 atom stereocenters. The molecule has 1 saturated heterocycles. The van der Waals surface area contributed by atoms with E-state index in [1.165, 1.54) is 0 Å². The number of hydrogen-bond acceptors (Lipinski definition) is 4. The number of nitrogens with zero attached hydrogens (tertiary/aromatic N) is 1. The van der Waals surface area contributed by atoms with E-state index < -0.39 is 17.7 Å². The van der Waals surface area contributed by atoms with Crippen LogP contribution in [-0.4, -0.2) is 54.8 Å². The molecule has 20 heavy (non-hydrogen) atoms. The van der Waals surface area contributed by atoms with Gasteiger partial charge < -0.3 is 19.7 Å². The van der Waals surface area contributed by atoms with Crippen molar-refractivity contribution in [2.24, 2.45) is 5.92 Å². The first kappa shape index (κ1) is 16.8. The van der Waals surface area contributed by atoms with Gasteiger partial charge in [-0.1, -0.05) is 13.8 Å². The molecule has 0 radical (unpaired) electrons. The molecule has 1 aliphatic rings. The second kappa shape index (κ2) is 6.92. The predicted molar refractivity (Wildman–Crippen MR) is 75.4 cm³/mol. The van der Waals surface area contributed by atoms with Crippen LogP contribution < -0.4 is 5.32 Å². The number of amides is 2. The standard InChI is InChI=1S/C14H26N2O4/c1-10(2)11(15-13(18)20-14(3,4)5)12(17)16-6-8-19-9-7-16/h10-11H,6-9H2,1-5H3,(H,15,18)/t11-/m0/s1. The Kier molecular flexibility index (Phi) is 5.80. The smallest absolute Gasteiger partial charge is 0.408 e. The monoisotopic (exact) mass is 286 g/mol. The van der Waals surface area contributed by atoms with Crippen LogP contribution in [0.15, 0.2) is 0 Å². The molecule has 1 aliphatic heterocycles. The minimum Gasteiger partial charge on any atom is -0.444 e. The van der Waals surface area contributed by atoms with Gasteiger partial charge in [0.25, 0.3) is 0 Å². The summed E-state index contributed by atoms with van der Waals surface area (Å²) in [6, 6.07) is -0.567. The molecule has 1 fully saturated rings. The van der Waals surface area contributed by atoms with Crippen molar-refractivity contribution in [1.29, 1.82) is 0 Å². The molecule has 6 heteroatoms. The van der Waals surface area contributed by atoms with E-state index in [1.807, 2.05) is 13.8 Å². The average Bonchev–Trinajstić information content (AvgIpc) is 2.34. The van der Waals surface area contributed by atoms with E-state index in [2.05, 4.69) is 5.32 Å². The number of nitrogens with one attached hydrogen (secondary N) is 1. The van der Waals surface area contributed by atoms with Crippen molar-refractivity contribution in [1.82, 2.24) is 10.2 Å². The van der Waals surface area contributed by atoms with E-state index in [-0.39, 0.29) is 11.8 Å². The molecule has 116 valence electrons. The second-order valence-corrected chi connectivity index (χ2v) is 6.31. The summed E-state index contributed by atoms with van der Waals surface area (Å²) in [6.07, 6.45) is -0.558. The van der Waals surface area contributed by atoms with Gasteiger partial charge in [-0.05, 0) is 26.7 Å². The molecule has 0 bridgehead atoms. The van der Waals surface area contributed by atoms with Crippen molar-refractivity contribution in [2.45, 2.75) is 46.3 Å². The van der Waals surface area contributed by atoms with Crippen molar-refractivity contribution in [3.8, 4) is 0 Å². The lowest BCUT2D eigenvalue weighted by molar-refractivity contribution is -0.138. The van der Waals surface area contributed by atoms with Crippen LogP contribution in [0.1, 0.15) is 34.6 Å². The van der Waals surface area contributed by atoms with E-state index in [0.29, 0.717) is 26.3 Å². The zero-order chi connectivity index (χ0) is 15.3. The molecule has 0 aromatic heterocycles. The number of hydrogen-bond donors (Lipinski definition) is 1. The first-order valence-corrected chi connectivity index (χ1v) is 7.07. The largest absolute Gasteiger partial charge is 0.444 e. The Bertz CT molecular complexity index is 344. The molecule has 0 unspecified atom stereocenters. The number of alkyl carbamates (subject to hydrolysis) is 1. The summed E-state index contributed by atoms with van der Waals surface area (Å²) in [5.41, 5.74) is -0.576. The molecule has 6 nitrogen and oxygen atoms in total. The van der Waals surface area contributed by atoms with E-state index in [4.69, 9.17) is 9.47 Å². The molecule has 0 saturated carbocycles. The number of ether oxygens (including phenoxy) is 2. The van der Waals surface area contributed by atoms with Gasteiger partial charge in [0.15, 0.2) is 0 Å². The SMILES string of the molecule is CC(C)[C@H](NC(=O)OC(C)(C)C)C(=O)N1CCOCC1. The van der Waals surface area contributed by atoms with E-state index >= 15 is 0 Å². The second-order valence-electron chi connectivity index (χ2n) is 6.31. The maximum absolute atomic E-state index is 12.4. The van der Waals surface area contributed by atoms with Gasteiger partial charge >= 0.3 is 6.09 Å². The molecular formula is C14H26N2O4. The first-order chi connectivity index (χ1) is 9.20. The Morgan fingerprint density at radius 3 is 2.20 bits per heavy atom. The third-order valence-corrected chi connectivity index (χ3v) is 2.93. The molecule has 1 heterocycles. The highest BCUT2D eigenvalue weighted by molar-refractivity contribution is 5.86. The fourth-order valence-electron chi connectivity index (χ4n) is 1.93. The maximum Gasteiger partial charge on any atom is 0.408 e. The highest BCUT2D eigenvalue weighted by Crippen LogP contribution is 2.11. The van der Waals surface area contributed by atoms with Crippen LogP contribution in [0.2, 0.25) is 0 Å². The summed E-state index contributed by atoms with van der Waals surface area (Å²) in [5, 5.41) is 2.68. The zero-order valence-corrected chi connectivity index (χ0v) is 13.1. The number of carbonyl (C=O) groups excluding carboxylic acids is 2. The Morgan fingerprint density at radius 1 is 1.20 bits per heavy atom. The third kappa shape index (κ3) is 5.36. The average molecular weight is 286 g/mol. The van der Waals surface area contributed by atoms with Crippen molar-refractivity contribution in [3.63, 3.8) is 0 Å². The van der Waals surface area contributed by atoms with Gasteiger partial charge in [-0.15, -0.1) is 0 Å². The Labute approximate surface area is 120 Å². The fourth-order valence-corrected chi connectivity index (χ4v) is 1.93. The summed E-state index contributed by atoms with van der Waals surface area (Å²) in [5.74, 6) is -0.0768. The molecular weight excluding hydrogens is 260 g/mol. The normalized spacial score (nSPS) is 17.8. The fraction of sp³-hybridized carbons (Fsp3) is 0.857. The summed E-state index contributed by atoms with van der Waals surface area (Å²) < 4.78 is 10.4. The van der Waals surface area contributed by atoms with Crippen LogP contribution in [-0.2, 0) is 14.3 Å². The van der Waals surface area contributed by atoms with Gasteiger partial charge in [-0.2, -0.15) is 0 Å². The van der Waals surface area contributed by atoms with Gasteiger partial charge in [0.05, 0.1) is 13.2 Å². The van der Waals surface area contributed by atoms with Crippen LogP contribution in [0.4, 0.5) is 4.79 Å². The minimum absolute atomic E-state index is 0.00198. The summed E-state index contributed by atoms with van der Waals surface area (Å²) in [4.78, 5) is 26.0. The van der Waals surface area contributed by atoms with E-state index in [0.717, 1.165) is 0 Å². The van der Waals surface area contributed by atoms with Crippen molar-refractivity contribution in [2.75, 3.05) is 26.3 Å². The van der Waals surface area contributed by atoms with Crippen LogP contribution in [0.5, 0.6) is 0 Å². The topological polar surface area (TPSA) is 67.9 Å².